The first-order valence-electron chi connectivity index (χ1n) is 11.7. The third-order valence-corrected chi connectivity index (χ3v) is 7.75. The van der Waals surface area contributed by atoms with Crippen LogP contribution in [0.3, 0.4) is 0 Å². The van der Waals surface area contributed by atoms with E-state index in [-0.39, 0.29) is 12.0 Å². The molecular weight excluding hydrogens is 472 g/mol. The summed E-state index contributed by atoms with van der Waals surface area (Å²) in [5.41, 5.74) is 3.03. The number of halogens is 2. The van der Waals surface area contributed by atoms with E-state index in [0.29, 0.717) is 16.5 Å². The zero-order chi connectivity index (χ0) is 24.5. The molecule has 1 unspecified atom stereocenters. The van der Waals surface area contributed by atoms with Crippen LogP contribution in [0.2, 0.25) is 0 Å². The summed E-state index contributed by atoms with van der Waals surface area (Å²) in [5, 5.41) is 18.0. The van der Waals surface area contributed by atoms with Crippen molar-refractivity contribution >= 4 is 23.1 Å². The molecule has 2 aliphatic rings. The minimum Gasteiger partial charge on any atom is -0.368 e. The van der Waals surface area contributed by atoms with Crippen molar-refractivity contribution in [1.29, 1.82) is 0 Å². The van der Waals surface area contributed by atoms with E-state index in [9.17, 15) is 13.6 Å². The molecule has 2 fully saturated rings. The summed E-state index contributed by atoms with van der Waals surface area (Å²) in [6, 6.07) is 6.95. The molecule has 0 spiro atoms. The number of pyridine rings is 1. The largest absolute Gasteiger partial charge is 0.368 e. The summed E-state index contributed by atoms with van der Waals surface area (Å²) in [4.78, 5) is 22.0. The predicted molar refractivity (Wildman–Crippen MR) is 129 cm³/mol. The Morgan fingerprint density at radius 1 is 1.23 bits per heavy atom. The normalized spacial score (nSPS) is 20.3. The zero-order valence-electron chi connectivity index (χ0n) is 19.4. The Balaban J connectivity index is 1.16. The maximum atomic E-state index is 13.3. The van der Waals surface area contributed by atoms with E-state index in [1.165, 1.54) is 23.3 Å². The van der Waals surface area contributed by atoms with E-state index in [1.54, 1.807) is 6.20 Å². The lowest BCUT2D eigenvalue weighted by Crippen LogP contribution is -2.42. The molecule has 0 radical (unpaired) electrons. The molecule has 1 aliphatic carbocycles. The van der Waals surface area contributed by atoms with Crippen LogP contribution in [-0.4, -0.2) is 51.1 Å². The van der Waals surface area contributed by atoms with Gasteiger partial charge in [0.2, 0.25) is 5.91 Å². The molecule has 0 bridgehead atoms. The number of aryl methyl sites for hydroxylation is 1. The van der Waals surface area contributed by atoms with Gasteiger partial charge in [0.15, 0.2) is 0 Å². The van der Waals surface area contributed by atoms with E-state index >= 15 is 0 Å². The summed E-state index contributed by atoms with van der Waals surface area (Å²) >= 11 is 1.38. The van der Waals surface area contributed by atoms with Gasteiger partial charge in [0.05, 0.1) is 24.8 Å². The highest BCUT2D eigenvalue weighted by atomic mass is 32.1. The molecule has 184 valence electrons. The number of carbonyl (C=O) groups is 1. The van der Waals surface area contributed by atoms with Gasteiger partial charge >= 0.3 is 0 Å². The van der Waals surface area contributed by atoms with Gasteiger partial charge in [-0.3, -0.25) is 15.1 Å². The Morgan fingerprint density at radius 3 is 2.74 bits per heavy atom. The standard InChI is InChI=1S/C24H27F2N7OS/c1-15-4-2-9-27-20(15)23(7-3-8-23)13-31-19-6-5-17(32-33-19)22-29-12-16(35-22)11-28-21(34)18-10-24(25,26)14-30-18/h2,4-6,9,12,18,30H,3,7-8,10-11,13-14H2,1H3,(H,28,34)(H,31,33). The Bertz CT molecular complexity index is 1200. The van der Waals surface area contributed by atoms with Crippen LogP contribution >= 0.6 is 11.3 Å². The molecule has 11 heteroatoms. The van der Waals surface area contributed by atoms with Crippen LogP contribution in [-0.2, 0) is 16.8 Å². The van der Waals surface area contributed by atoms with Crippen LogP contribution in [0.25, 0.3) is 10.7 Å². The molecule has 1 amide bonds. The minimum atomic E-state index is -2.84. The number of nitrogens with zero attached hydrogens (tertiary/aromatic N) is 4. The second kappa shape index (κ2) is 9.54. The molecule has 4 heterocycles. The molecule has 3 aromatic rings. The summed E-state index contributed by atoms with van der Waals surface area (Å²) in [5.74, 6) is -2.58. The number of aromatic nitrogens is 4. The van der Waals surface area contributed by atoms with Gasteiger partial charge in [-0.1, -0.05) is 12.5 Å². The van der Waals surface area contributed by atoms with Gasteiger partial charge in [0.25, 0.3) is 5.92 Å². The Kier molecular flexibility index (Phi) is 6.45. The van der Waals surface area contributed by atoms with Crippen molar-refractivity contribution in [3.8, 4) is 10.7 Å². The molecule has 5 rings (SSSR count). The first kappa shape index (κ1) is 23.7. The van der Waals surface area contributed by atoms with Crippen LogP contribution in [0, 0.1) is 6.92 Å². The summed E-state index contributed by atoms with van der Waals surface area (Å²) in [7, 11) is 0. The molecule has 1 atom stereocenters. The molecule has 1 aliphatic heterocycles. The Morgan fingerprint density at radius 2 is 2.09 bits per heavy atom. The highest BCUT2D eigenvalue weighted by Gasteiger charge is 2.42. The molecule has 0 aromatic carbocycles. The molecule has 35 heavy (non-hydrogen) atoms. The molecular formula is C24H27F2N7OS. The van der Waals surface area contributed by atoms with Crippen molar-refractivity contribution in [3.63, 3.8) is 0 Å². The fraction of sp³-hybridized carbons (Fsp3) is 0.458. The number of rotatable bonds is 8. The van der Waals surface area contributed by atoms with Gasteiger partial charge in [-0.15, -0.1) is 21.5 Å². The number of alkyl halides is 2. The maximum Gasteiger partial charge on any atom is 0.262 e. The molecule has 1 saturated heterocycles. The molecule has 8 nitrogen and oxygen atoms in total. The topological polar surface area (TPSA) is 105 Å². The lowest BCUT2D eigenvalue weighted by Gasteiger charge is -2.42. The number of amides is 1. The predicted octanol–water partition coefficient (Wildman–Crippen LogP) is 3.45. The van der Waals surface area contributed by atoms with Crippen molar-refractivity contribution in [2.75, 3.05) is 18.4 Å². The summed E-state index contributed by atoms with van der Waals surface area (Å²) < 4.78 is 26.6. The van der Waals surface area contributed by atoms with Gasteiger partial charge < -0.3 is 10.6 Å². The Labute approximate surface area is 206 Å². The number of thiazole rings is 1. The van der Waals surface area contributed by atoms with Crippen LogP contribution in [0.15, 0.2) is 36.7 Å². The van der Waals surface area contributed by atoms with Gasteiger partial charge in [-0.25, -0.2) is 13.8 Å². The van der Waals surface area contributed by atoms with Gasteiger partial charge in [-0.2, -0.15) is 0 Å². The number of carbonyl (C=O) groups excluding carboxylic acids is 1. The number of nitrogens with one attached hydrogen (secondary N) is 3. The first-order chi connectivity index (χ1) is 16.8. The third-order valence-electron chi connectivity index (χ3n) is 6.73. The van der Waals surface area contributed by atoms with Crippen molar-refractivity contribution < 1.29 is 13.6 Å². The van der Waals surface area contributed by atoms with Crippen molar-refractivity contribution in [3.05, 3.63) is 52.8 Å². The monoisotopic (exact) mass is 499 g/mol. The van der Waals surface area contributed by atoms with Crippen LogP contribution in [0.5, 0.6) is 0 Å². The third kappa shape index (κ3) is 5.15. The fourth-order valence-electron chi connectivity index (χ4n) is 4.65. The smallest absolute Gasteiger partial charge is 0.262 e. The van der Waals surface area contributed by atoms with Gasteiger partial charge in [-0.05, 0) is 43.5 Å². The first-order valence-corrected chi connectivity index (χ1v) is 12.5. The van der Waals surface area contributed by atoms with E-state index in [1.807, 2.05) is 24.4 Å². The number of anilines is 1. The van der Waals surface area contributed by atoms with E-state index in [0.717, 1.165) is 30.0 Å². The van der Waals surface area contributed by atoms with E-state index < -0.39 is 30.8 Å². The highest BCUT2D eigenvalue weighted by molar-refractivity contribution is 7.15. The molecule has 1 saturated carbocycles. The van der Waals surface area contributed by atoms with Crippen LogP contribution < -0.4 is 16.0 Å². The average Bonchev–Trinajstić information content (AvgIpc) is 3.44. The maximum absolute atomic E-state index is 13.3. The second-order valence-corrected chi connectivity index (χ2v) is 10.4. The van der Waals surface area contributed by atoms with Crippen LogP contribution in [0.4, 0.5) is 14.6 Å². The quantitative estimate of drug-likeness (QED) is 0.436. The molecule has 3 N–H and O–H groups in total. The van der Waals surface area contributed by atoms with Crippen molar-refractivity contribution in [2.24, 2.45) is 0 Å². The highest BCUT2D eigenvalue weighted by Crippen LogP contribution is 2.44. The van der Waals surface area contributed by atoms with E-state index in [2.05, 4.69) is 49.1 Å². The lowest BCUT2D eigenvalue weighted by atomic mass is 9.65. The van der Waals surface area contributed by atoms with E-state index in [4.69, 9.17) is 0 Å². The van der Waals surface area contributed by atoms with Crippen molar-refractivity contribution in [1.82, 2.24) is 30.8 Å². The van der Waals surface area contributed by atoms with Crippen molar-refractivity contribution in [2.45, 2.75) is 56.5 Å². The lowest BCUT2D eigenvalue weighted by molar-refractivity contribution is -0.123. The summed E-state index contributed by atoms with van der Waals surface area (Å²) in [6.45, 7) is 2.61. The fourth-order valence-corrected chi connectivity index (χ4v) is 5.47. The second-order valence-electron chi connectivity index (χ2n) is 9.30. The number of hydrogen-bond donors (Lipinski definition) is 3. The number of hydrogen-bond acceptors (Lipinski definition) is 8. The van der Waals surface area contributed by atoms with Gasteiger partial charge in [0, 0.05) is 35.7 Å². The SMILES string of the molecule is Cc1cccnc1C1(CNc2ccc(-c3ncc(CNC(=O)C4CC(F)(F)CN4)s3)nn2)CCC1. The summed E-state index contributed by atoms with van der Waals surface area (Å²) in [6.07, 6.45) is 6.42. The van der Waals surface area contributed by atoms with Gasteiger partial charge in [0.1, 0.15) is 16.5 Å². The molecule has 3 aromatic heterocycles. The minimum absolute atomic E-state index is 0.0320. The Hall–Kier alpha value is -3.05. The average molecular weight is 500 g/mol. The zero-order valence-corrected chi connectivity index (χ0v) is 20.2. The van der Waals surface area contributed by atoms with Crippen LogP contribution in [0.1, 0.15) is 41.8 Å².